The Morgan fingerprint density at radius 2 is 1.71 bits per heavy atom. The van der Waals surface area contributed by atoms with Gasteiger partial charge in [-0.3, -0.25) is 9.69 Å². The van der Waals surface area contributed by atoms with Crippen molar-refractivity contribution in [1.29, 1.82) is 0 Å². The molecule has 0 aliphatic carbocycles. The first kappa shape index (κ1) is 25.3. The van der Waals surface area contributed by atoms with Gasteiger partial charge in [0, 0.05) is 29.6 Å². The van der Waals surface area contributed by atoms with Gasteiger partial charge in [-0.05, 0) is 71.8 Å². The summed E-state index contributed by atoms with van der Waals surface area (Å²) in [4.78, 5) is 18.2. The van der Waals surface area contributed by atoms with E-state index in [2.05, 4.69) is 56.6 Å². The molecule has 1 N–H and O–H groups in total. The maximum absolute atomic E-state index is 13.4. The number of aromatic nitrogens is 5. The molecule has 8 nitrogen and oxygen atoms in total. The Morgan fingerprint density at radius 3 is 2.47 bits per heavy atom. The number of rotatable bonds is 10. The molecule has 2 heterocycles. The highest BCUT2D eigenvalue weighted by Gasteiger charge is 2.16. The Balaban J connectivity index is 1.44. The molecular formula is C29H29FN6O2. The van der Waals surface area contributed by atoms with E-state index in [1.54, 1.807) is 16.8 Å². The van der Waals surface area contributed by atoms with E-state index in [0.29, 0.717) is 44.2 Å². The van der Waals surface area contributed by atoms with Gasteiger partial charge in [-0.1, -0.05) is 42.0 Å². The summed E-state index contributed by atoms with van der Waals surface area (Å²) in [5.41, 5.74) is 4.44. The predicted molar refractivity (Wildman–Crippen MR) is 143 cm³/mol. The second-order valence-corrected chi connectivity index (χ2v) is 9.32. The molecule has 5 rings (SSSR count). The zero-order chi connectivity index (χ0) is 26.5. The third kappa shape index (κ3) is 6.12. The molecule has 0 amide bonds. The van der Waals surface area contributed by atoms with Gasteiger partial charge in [0.25, 0.3) is 5.56 Å². The smallest absolute Gasteiger partial charge is 0.252 e. The number of aromatic amines is 1. The van der Waals surface area contributed by atoms with Crippen LogP contribution in [0.15, 0.2) is 77.6 Å². The monoisotopic (exact) mass is 512 g/mol. The van der Waals surface area contributed by atoms with Crippen molar-refractivity contribution in [3.05, 3.63) is 117 Å². The van der Waals surface area contributed by atoms with E-state index in [0.717, 1.165) is 27.8 Å². The molecule has 0 saturated carbocycles. The normalized spacial score (nSPS) is 11.4. The largest absolute Gasteiger partial charge is 0.494 e. The fraction of sp³-hybridized carbons (Fsp3) is 0.241. The maximum Gasteiger partial charge on any atom is 0.252 e. The summed E-state index contributed by atoms with van der Waals surface area (Å²) in [6, 6.07) is 22.2. The minimum atomic E-state index is -0.288. The molecule has 0 aliphatic heterocycles. The fourth-order valence-corrected chi connectivity index (χ4v) is 4.39. The van der Waals surface area contributed by atoms with E-state index in [4.69, 9.17) is 4.74 Å². The number of pyridine rings is 1. The molecule has 0 bridgehead atoms. The van der Waals surface area contributed by atoms with Gasteiger partial charge in [-0.2, -0.15) is 0 Å². The van der Waals surface area contributed by atoms with Crippen LogP contribution in [0.1, 0.15) is 35.0 Å². The highest BCUT2D eigenvalue weighted by molar-refractivity contribution is 5.80. The summed E-state index contributed by atoms with van der Waals surface area (Å²) < 4.78 is 20.7. The number of benzene rings is 3. The molecule has 2 aromatic heterocycles. The Morgan fingerprint density at radius 1 is 0.947 bits per heavy atom. The first-order valence-electron chi connectivity index (χ1n) is 12.5. The lowest BCUT2D eigenvalue weighted by Gasteiger charge is -2.22. The average molecular weight is 513 g/mol. The number of hydrogen-bond acceptors (Lipinski definition) is 6. The Labute approximate surface area is 219 Å². The minimum Gasteiger partial charge on any atom is -0.494 e. The van der Waals surface area contributed by atoms with E-state index < -0.39 is 0 Å². The van der Waals surface area contributed by atoms with Crippen LogP contribution in [0.2, 0.25) is 0 Å². The van der Waals surface area contributed by atoms with Gasteiger partial charge >= 0.3 is 0 Å². The molecule has 0 unspecified atom stereocenters. The van der Waals surface area contributed by atoms with Crippen LogP contribution in [0.25, 0.3) is 10.9 Å². The quantitative estimate of drug-likeness (QED) is 0.294. The van der Waals surface area contributed by atoms with Gasteiger partial charge in [-0.25, -0.2) is 9.07 Å². The lowest BCUT2D eigenvalue weighted by atomic mass is 10.1. The van der Waals surface area contributed by atoms with Crippen LogP contribution < -0.4 is 10.3 Å². The number of fused-ring (bicyclic) bond motifs is 1. The Bertz CT molecular complexity index is 1580. The summed E-state index contributed by atoms with van der Waals surface area (Å²) in [5.74, 6) is 1.12. The summed E-state index contributed by atoms with van der Waals surface area (Å²) in [7, 11) is 0. The van der Waals surface area contributed by atoms with Gasteiger partial charge in [0.1, 0.15) is 11.6 Å². The van der Waals surface area contributed by atoms with Crippen molar-refractivity contribution >= 4 is 10.9 Å². The molecule has 194 valence electrons. The minimum absolute atomic E-state index is 0.138. The highest BCUT2D eigenvalue weighted by atomic mass is 19.1. The molecule has 38 heavy (non-hydrogen) atoms. The van der Waals surface area contributed by atoms with E-state index in [-0.39, 0.29) is 11.4 Å². The third-order valence-electron chi connectivity index (χ3n) is 6.34. The van der Waals surface area contributed by atoms with Crippen LogP contribution in [0.5, 0.6) is 5.75 Å². The number of halogens is 1. The molecule has 0 aliphatic rings. The Hall–Kier alpha value is -4.37. The van der Waals surface area contributed by atoms with Crippen molar-refractivity contribution < 1.29 is 9.13 Å². The van der Waals surface area contributed by atoms with Crippen molar-refractivity contribution in [3.63, 3.8) is 0 Å². The van der Waals surface area contributed by atoms with Crippen LogP contribution in [0.3, 0.4) is 0 Å². The van der Waals surface area contributed by atoms with E-state index in [1.807, 2.05) is 31.2 Å². The molecule has 0 atom stereocenters. The zero-order valence-corrected chi connectivity index (χ0v) is 21.4. The van der Waals surface area contributed by atoms with Gasteiger partial charge in [0.15, 0.2) is 5.82 Å². The average Bonchev–Trinajstić information content (AvgIpc) is 3.33. The van der Waals surface area contributed by atoms with E-state index in [9.17, 15) is 9.18 Å². The van der Waals surface area contributed by atoms with Gasteiger partial charge in [0.05, 0.1) is 19.7 Å². The predicted octanol–water partition coefficient (Wildman–Crippen LogP) is 4.61. The fourth-order valence-electron chi connectivity index (χ4n) is 4.39. The molecule has 0 radical (unpaired) electrons. The van der Waals surface area contributed by atoms with Gasteiger partial charge in [0.2, 0.25) is 0 Å². The van der Waals surface area contributed by atoms with Crippen LogP contribution in [-0.4, -0.2) is 36.7 Å². The first-order chi connectivity index (χ1) is 18.5. The van der Waals surface area contributed by atoms with Gasteiger partial charge in [-0.15, -0.1) is 5.10 Å². The number of nitrogens with zero attached hydrogens (tertiary/aromatic N) is 5. The molecular weight excluding hydrogens is 483 g/mol. The lowest BCUT2D eigenvalue weighted by Crippen LogP contribution is -2.28. The molecule has 5 aromatic rings. The van der Waals surface area contributed by atoms with Crippen LogP contribution in [-0.2, 0) is 26.2 Å². The van der Waals surface area contributed by atoms with Crippen molar-refractivity contribution in [2.75, 3.05) is 6.61 Å². The van der Waals surface area contributed by atoms with Crippen LogP contribution in [0.4, 0.5) is 4.39 Å². The number of nitrogens with one attached hydrogen (secondary N) is 1. The summed E-state index contributed by atoms with van der Waals surface area (Å²) in [5, 5.41) is 13.2. The first-order valence-corrected chi connectivity index (χ1v) is 12.5. The summed E-state index contributed by atoms with van der Waals surface area (Å²) >= 11 is 0. The number of ether oxygens (including phenoxy) is 1. The maximum atomic E-state index is 13.4. The number of H-pyrrole nitrogens is 1. The Kier molecular flexibility index (Phi) is 7.55. The third-order valence-corrected chi connectivity index (χ3v) is 6.34. The topological polar surface area (TPSA) is 88.9 Å². The molecule has 9 heteroatoms. The molecule has 0 fully saturated rings. The number of tetrazole rings is 1. The van der Waals surface area contributed by atoms with Crippen LogP contribution in [0, 0.1) is 12.7 Å². The molecule has 3 aromatic carbocycles. The zero-order valence-electron chi connectivity index (χ0n) is 21.4. The standard InChI is InChI=1S/C29H29FN6O2/c1-3-38-26-12-13-27-23(15-26)14-24(29(37)31-27)18-35(16-21-6-4-20(2)5-7-21)19-28-32-33-34-36(28)17-22-8-10-25(30)11-9-22/h4-15H,3,16-19H2,1-2H3,(H,31,37). The summed E-state index contributed by atoms with van der Waals surface area (Å²) in [6.07, 6.45) is 0. The molecule has 0 saturated heterocycles. The van der Waals surface area contributed by atoms with Crippen molar-refractivity contribution in [2.45, 2.75) is 40.0 Å². The SMILES string of the molecule is CCOc1ccc2[nH]c(=O)c(CN(Cc3ccc(C)cc3)Cc3nnnn3Cc3ccc(F)cc3)cc2c1. The molecule has 0 spiro atoms. The van der Waals surface area contributed by atoms with Gasteiger partial charge < -0.3 is 9.72 Å². The summed E-state index contributed by atoms with van der Waals surface area (Å²) in [6.45, 7) is 6.38. The lowest BCUT2D eigenvalue weighted by molar-refractivity contribution is 0.236. The van der Waals surface area contributed by atoms with Crippen LogP contribution >= 0.6 is 0 Å². The number of hydrogen-bond donors (Lipinski definition) is 1. The highest BCUT2D eigenvalue weighted by Crippen LogP contribution is 2.21. The second kappa shape index (κ2) is 11.4. The van der Waals surface area contributed by atoms with Crippen molar-refractivity contribution in [3.8, 4) is 5.75 Å². The van der Waals surface area contributed by atoms with E-state index in [1.165, 1.54) is 17.7 Å². The van der Waals surface area contributed by atoms with Crippen molar-refractivity contribution in [1.82, 2.24) is 30.1 Å². The van der Waals surface area contributed by atoms with E-state index >= 15 is 0 Å². The number of aryl methyl sites for hydroxylation is 1. The van der Waals surface area contributed by atoms with Crippen molar-refractivity contribution in [2.24, 2.45) is 0 Å². The second-order valence-electron chi connectivity index (χ2n) is 9.32.